The Bertz CT molecular complexity index is 1610. The number of benzene rings is 2. The summed E-state index contributed by atoms with van der Waals surface area (Å²) in [6.45, 7) is 4.60. The molecule has 7 N–H and O–H groups in total. The van der Waals surface area contributed by atoms with Crippen molar-refractivity contribution in [1.29, 1.82) is 0 Å². The third kappa shape index (κ3) is 15.2. The van der Waals surface area contributed by atoms with Crippen LogP contribution < -0.4 is 21.5 Å². The van der Waals surface area contributed by atoms with E-state index in [1.807, 2.05) is 0 Å². The number of carbonyl (C=O) groups excluding carboxylic acids is 4. The minimum absolute atomic E-state index is 0.0140. The van der Waals surface area contributed by atoms with Gasteiger partial charge in [0.25, 0.3) is 0 Å². The molecule has 4 atom stereocenters. The van der Waals surface area contributed by atoms with Crippen LogP contribution in [0.15, 0.2) is 36.4 Å². The average molecular weight is 793 g/mol. The standard InChI is InChI=1S/C45H68N4O8/c1-4-5-6-7-8-9-10-11-12-13-14-18-35(50)29-34(17-15-16-23-46)44(54)49(3)42-33-20-22-41(57-25-24-47)37(30-33)36-27-32(19-21-39(36)51)28-38(45(55)56)48-43(53)31(2)26-40(42)52/h19-22,27,30-31,34,38,42,51H,4-18,23-26,28-29,46-47H2,1-3H3,(H,48,53)(H,55,56)/t31-,34-,38+,42+/m1/s1. The third-order valence-corrected chi connectivity index (χ3v) is 11.0. The second-order valence-electron chi connectivity index (χ2n) is 15.8. The molecule has 0 fully saturated rings. The van der Waals surface area contributed by atoms with Crippen LogP contribution in [-0.2, 0) is 30.4 Å². The quantitative estimate of drug-likeness (QED) is 0.0688. The molecule has 0 aromatic heterocycles. The summed E-state index contributed by atoms with van der Waals surface area (Å²) < 4.78 is 5.97. The smallest absolute Gasteiger partial charge is 0.326 e. The number of hydrogen-bond donors (Lipinski definition) is 5. The van der Waals surface area contributed by atoms with E-state index in [4.69, 9.17) is 16.2 Å². The number of fused-ring (bicyclic) bond motifs is 5. The van der Waals surface area contributed by atoms with Crippen molar-refractivity contribution in [2.24, 2.45) is 23.3 Å². The monoisotopic (exact) mass is 793 g/mol. The zero-order valence-electron chi connectivity index (χ0n) is 34.6. The molecule has 0 unspecified atom stereocenters. The van der Waals surface area contributed by atoms with E-state index in [-0.39, 0.29) is 49.9 Å². The van der Waals surface area contributed by atoms with E-state index in [1.54, 1.807) is 44.3 Å². The highest BCUT2D eigenvalue weighted by Crippen LogP contribution is 2.40. The number of aliphatic carboxylic acids is 1. The van der Waals surface area contributed by atoms with Crippen LogP contribution in [0.5, 0.6) is 11.5 Å². The molecule has 12 heteroatoms. The number of hydrogen-bond acceptors (Lipinski definition) is 9. The fourth-order valence-electron chi connectivity index (χ4n) is 7.66. The number of amides is 2. The minimum atomic E-state index is -1.30. The van der Waals surface area contributed by atoms with E-state index in [1.165, 1.54) is 55.9 Å². The minimum Gasteiger partial charge on any atom is -0.507 e. The summed E-state index contributed by atoms with van der Waals surface area (Å²) in [7, 11) is 1.54. The first-order chi connectivity index (χ1) is 27.4. The van der Waals surface area contributed by atoms with E-state index < -0.39 is 41.6 Å². The number of carbonyl (C=O) groups is 5. The van der Waals surface area contributed by atoms with Gasteiger partial charge in [-0.15, -0.1) is 0 Å². The molecule has 1 heterocycles. The van der Waals surface area contributed by atoms with Crippen LogP contribution in [0.3, 0.4) is 0 Å². The van der Waals surface area contributed by atoms with Crippen LogP contribution in [0, 0.1) is 11.8 Å². The lowest BCUT2D eigenvalue weighted by Crippen LogP contribution is -2.45. The maximum Gasteiger partial charge on any atom is 0.326 e. The summed E-state index contributed by atoms with van der Waals surface area (Å²) in [6, 6.07) is 7.21. The number of nitrogens with two attached hydrogens (primary N) is 2. The van der Waals surface area contributed by atoms with Gasteiger partial charge in [0.05, 0.1) is 0 Å². The molecule has 3 rings (SSSR count). The summed E-state index contributed by atoms with van der Waals surface area (Å²) in [5, 5.41) is 23.7. The summed E-state index contributed by atoms with van der Waals surface area (Å²) in [4.78, 5) is 69.2. The van der Waals surface area contributed by atoms with Gasteiger partial charge < -0.3 is 36.6 Å². The number of rotatable bonds is 24. The van der Waals surface area contributed by atoms with Crippen molar-refractivity contribution in [3.8, 4) is 22.6 Å². The first-order valence-electron chi connectivity index (χ1n) is 21.2. The molecule has 0 saturated carbocycles. The fraction of sp³-hybridized carbons (Fsp3) is 0.622. The molecule has 0 aliphatic carbocycles. The van der Waals surface area contributed by atoms with Crippen LogP contribution in [0.2, 0.25) is 0 Å². The van der Waals surface area contributed by atoms with Crippen LogP contribution in [0.4, 0.5) is 0 Å². The predicted octanol–water partition coefficient (Wildman–Crippen LogP) is 7.02. The maximum atomic E-state index is 14.5. The number of ketones is 2. The number of carboxylic acid groups (broad SMARTS) is 1. The third-order valence-electron chi connectivity index (χ3n) is 11.0. The molecule has 0 saturated heterocycles. The number of nitrogens with one attached hydrogen (secondary N) is 1. The highest BCUT2D eigenvalue weighted by Gasteiger charge is 2.36. The number of ether oxygens (including phenoxy) is 1. The largest absolute Gasteiger partial charge is 0.507 e. The molecule has 0 spiro atoms. The summed E-state index contributed by atoms with van der Waals surface area (Å²) in [6.07, 6.45) is 14.8. The lowest BCUT2D eigenvalue weighted by Gasteiger charge is -2.32. The van der Waals surface area contributed by atoms with Gasteiger partial charge in [-0.3, -0.25) is 19.2 Å². The molecule has 1 aliphatic rings. The molecule has 0 radical (unpaired) electrons. The van der Waals surface area contributed by atoms with Gasteiger partial charge >= 0.3 is 5.97 Å². The Morgan fingerprint density at radius 2 is 1.53 bits per heavy atom. The molecule has 12 nitrogen and oxygen atoms in total. The Kier molecular flexibility index (Phi) is 20.8. The number of nitrogens with zero attached hydrogens (tertiary/aromatic N) is 1. The second kappa shape index (κ2) is 25.2. The van der Waals surface area contributed by atoms with Gasteiger partial charge in [-0.1, -0.05) is 96.6 Å². The predicted molar refractivity (Wildman–Crippen MR) is 223 cm³/mol. The van der Waals surface area contributed by atoms with Gasteiger partial charge in [-0.2, -0.15) is 0 Å². The average Bonchev–Trinajstić information content (AvgIpc) is 3.18. The Morgan fingerprint density at radius 1 is 0.860 bits per heavy atom. The number of carboxylic acids is 1. The van der Waals surface area contributed by atoms with Gasteiger partial charge in [0.2, 0.25) is 11.8 Å². The first-order valence-corrected chi connectivity index (χ1v) is 21.2. The molecule has 2 amide bonds. The molecular formula is C45H68N4O8. The molecular weight excluding hydrogens is 725 g/mol. The van der Waals surface area contributed by atoms with Crippen molar-refractivity contribution in [2.75, 3.05) is 26.7 Å². The Hall–Kier alpha value is -4.29. The van der Waals surface area contributed by atoms with E-state index in [0.29, 0.717) is 60.2 Å². The molecule has 4 bridgehead atoms. The van der Waals surface area contributed by atoms with Crippen LogP contribution >= 0.6 is 0 Å². The zero-order chi connectivity index (χ0) is 41.7. The molecule has 2 aromatic carbocycles. The Balaban J connectivity index is 1.91. The van der Waals surface area contributed by atoms with Gasteiger partial charge in [0, 0.05) is 62.2 Å². The summed E-state index contributed by atoms with van der Waals surface area (Å²) in [5.74, 6) is -3.99. The van der Waals surface area contributed by atoms with E-state index in [2.05, 4.69) is 12.2 Å². The summed E-state index contributed by atoms with van der Waals surface area (Å²) >= 11 is 0. The zero-order valence-corrected chi connectivity index (χ0v) is 34.6. The van der Waals surface area contributed by atoms with Crippen LogP contribution in [0.25, 0.3) is 11.1 Å². The Morgan fingerprint density at radius 3 is 2.16 bits per heavy atom. The molecule has 2 aromatic rings. The highest BCUT2D eigenvalue weighted by atomic mass is 16.5. The SMILES string of the molecule is CCCCCCCCCCCCCC(=O)C[C@@H](CCCCN)C(=O)N(C)[C@@H]1C(=O)C[C@@H](C)C(=O)N[C@H](C(=O)O)Cc2ccc(O)c(c2)-c2cc1ccc2OCCN. The van der Waals surface area contributed by atoms with Crippen molar-refractivity contribution in [1.82, 2.24) is 10.2 Å². The number of unbranched alkanes of at least 4 members (excludes halogenated alkanes) is 11. The van der Waals surface area contributed by atoms with Crippen LogP contribution in [0.1, 0.15) is 140 Å². The van der Waals surface area contributed by atoms with Gasteiger partial charge in [0.1, 0.15) is 36.0 Å². The summed E-state index contributed by atoms with van der Waals surface area (Å²) in [5.41, 5.74) is 13.2. The fourth-order valence-corrected chi connectivity index (χ4v) is 7.66. The topological polar surface area (TPSA) is 202 Å². The van der Waals surface area contributed by atoms with E-state index in [0.717, 1.165) is 25.7 Å². The molecule has 1 aliphatic heterocycles. The maximum absolute atomic E-state index is 14.5. The van der Waals surface area contributed by atoms with Crippen LogP contribution in [-0.4, -0.2) is 77.2 Å². The number of likely N-dealkylation sites (N-methyl/N-ethyl adjacent to an activating group) is 1. The lowest BCUT2D eigenvalue weighted by molar-refractivity contribution is -0.144. The number of aromatic hydroxyl groups is 1. The van der Waals surface area contributed by atoms with Crippen molar-refractivity contribution in [2.45, 2.75) is 142 Å². The normalized spacial score (nSPS) is 17.7. The van der Waals surface area contributed by atoms with Gasteiger partial charge in [-0.25, -0.2) is 4.79 Å². The first kappa shape index (κ1) is 47.1. The van der Waals surface area contributed by atoms with E-state index in [9.17, 15) is 34.2 Å². The van der Waals surface area contributed by atoms with Crippen molar-refractivity contribution >= 4 is 29.4 Å². The highest BCUT2D eigenvalue weighted by molar-refractivity contribution is 5.95. The van der Waals surface area contributed by atoms with Gasteiger partial charge in [-0.05, 0) is 61.2 Å². The lowest BCUT2D eigenvalue weighted by atomic mass is 9.88. The van der Waals surface area contributed by atoms with Gasteiger partial charge in [0.15, 0.2) is 5.78 Å². The number of phenols is 1. The van der Waals surface area contributed by atoms with Crippen molar-refractivity contribution < 1.29 is 38.9 Å². The molecule has 57 heavy (non-hydrogen) atoms. The number of phenolic OH excluding ortho intramolecular Hbond substituents is 1. The number of Topliss-reactive ketones (excluding diaryl/α,β-unsaturated/α-hetero) is 2. The molecule has 316 valence electrons. The van der Waals surface area contributed by atoms with Crippen molar-refractivity contribution in [3.63, 3.8) is 0 Å². The van der Waals surface area contributed by atoms with Crippen molar-refractivity contribution in [3.05, 3.63) is 47.5 Å². The van der Waals surface area contributed by atoms with E-state index >= 15 is 0 Å². The second-order valence-corrected chi connectivity index (χ2v) is 15.8. The Labute approximate surface area is 339 Å².